The van der Waals surface area contributed by atoms with Crippen molar-refractivity contribution in [1.29, 1.82) is 0 Å². The summed E-state index contributed by atoms with van der Waals surface area (Å²) in [6.07, 6.45) is 1.68. The number of H-pyrrole nitrogens is 1. The molecule has 1 aliphatic rings. The van der Waals surface area contributed by atoms with Crippen LogP contribution in [0.3, 0.4) is 0 Å². The number of amides is 2. The third-order valence-electron chi connectivity index (χ3n) is 8.68. The number of carbonyl (C=O) groups is 3. The molecule has 0 bridgehead atoms. The fraction of sp³-hybridized carbons (Fsp3) is 0.436. The normalized spacial score (nSPS) is 14.9. The Morgan fingerprint density at radius 1 is 0.719 bits per heavy atom. The summed E-state index contributed by atoms with van der Waals surface area (Å²) in [5.74, 6) is -2.32. The number of fused-ring (bicyclic) bond motifs is 1. The Morgan fingerprint density at radius 2 is 1.23 bits per heavy atom. The molecule has 0 spiro atoms. The second-order valence-corrected chi connectivity index (χ2v) is 12.5. The molecule has 1 aromatic heterocycles. The molecule has 5 N–H and O–H groups in total. The lowest BCUT2D eigenvalue weighted by atomic mass is 10.00. The molecule has 4 aromatic rings. The van der Waals surface area contributed by atoms with Crippen LogP contribution in [0.5, 0.6) is 11.5 Å². The molecule has 0 aliphatic carbocycles. The van der Waals surface area contributed by atoms with Gasteiger partial charge >= 0.3 is 0 Å². The first-order valence-electron chi connectivity index (χ1n) is 18.3. The summed E-state index contributed by atoms with van der Waals surface area (Å²) in [5, 5.41) is 25.5. The Balaban J connectivity index is 0.00000720. The predicted molar refractivity (Wildman–Crippen MR) is 208 cm³/mol. The van der Waals surface area contributed by atoms with Crippen LogP contribution in [0.1, 0.15) is 36.6 Å². The van der Waals surface area contributed by atoms with E-state index in [1.807, 2.05) is 6.07 Å². The van der Waals surface area contributed by atoms with Crippen molar-refractivity contribution in [3.8, 4) is 11.5 Å². The SMILES string of the molecule is COc1ccc(OCCOCCOCCOCCOCCOCCO)c(C(=O)c2ccc(C(=O)N[C@@H]3CNC[C@H]3NC(=O)c3ccc4cn[nH]c4c3)cc2)c1F.Cl. The smallest absolute Gasteiger partial charge is 0.251 e. The zero-order valence-corrected chi connectivity index (χ0v) is 32.4. The van der Waals surface area contributed by atoms with E-state index < -0.39 is 23.5 Å². The third kappa shape index (κ3) is 13.4. The highest BCUT2D eigenvalue weighted by molar-refractivity contribution is 6.11. The summed E-state index contributed by atoms with van der Waals surface area (Å²) in [6.45, 7) is 4.48. The van der Waals surface area contributed by atoms with E-state index >= 15 is 4.39 Å². The fourth-order valence-electron chi connectivity index (χ4n) is 5.77. The molecular weight excluding hydrogens is 769 g/mol. The first-order chi connectivity index (χ1) is 27.4. The fourth-order valence-corrected chi connectivity index (χ4v) is 5.77. The van der Waals surface area contributed by atoms with E-state index in [1.165, 1.54) is 43.5 Å². The van der Waals surface area contributed by atoms with Crippen molar-refractivity contribution in [2.45, 2.75) is 12.1 Å². The molecule has 310 valence electrons. The average molecular weight is 818 g/mol. The first-order valence-corrected chi connectivity index (χ1v) is 18.3. The Labute approximate surface area is 335 Å². The van der Waals surface area contributed by atoms with Crippen molar-refractivity contribution in [3.05, 3.63) is 88.9 Å². The summed E-state index contributed by atoms with van der Waals surface area (Å²) < 4.78 is 53.3. The van der Waals surface area contributed by atoms with Crippen molar-refractivity contribution in [1.82, 2.24) is 26.1 Å². The lowest BCUT2D eigenvalue weighted by molar-refractivity contribution is -0.0146. The number of aromatic nitrogens is 2. The molecule has 57 heavy (non-hydrogen) atoms. The van der Waals surface area contributed by atoms with Gasteiger partial charge in [-0.15, -0.1) is 12.4 Å². The van der Waals surface area contributed by atoms with E-state index in [4.69, 9.17) is 38.3 Å². The van der Waals surface area contributed by atoms with Gasteiger partial charge < -0.3 is 54.2 Å². The minimum atomic E-state index is -0.877. The minimum absolute atomic E-state index is 0. The molecule has 0 saturated carbocycles. The zero-order valence-electron chi connectivity index (χ0n) is 31.6. The number of ether oxygens (including phenoxy) is 7. The molecule has 2 amide bonds. The van der Waals surface area contributed by atoms with E-state index in [-0.39, 0.29) is 72.4 Å². The number of halogens is 2. The number of nitrogens with zero attached hydrogens (tertiary/aromatic N) is 1. The highest BCUT2D eigenvalue weighted by Crippen LogP contribution is 2.31. The highest BCUT2D eigenvalue weighted by Gasteiger charge is 2.30. The molecule has 0 unspecified atom stereocenters. The summed E-state index contributed by atoms with van der Waals surface area (Å²) in [5.41, 5.74) is 1.31. The van der Waals surface area contributed by atoms with Gasteiger partial charge in [-0.2, -0.15) is 5.10 Å². The molecule has 2 heterocycles. The number of carbonyl (C=O) groups excluding carboxylic acids is 3. The van der Waals surface area contributed by atoms with E-state index in [0.29, 0.717) is 78.1 Å². The van der Waals surface area contributed by atoms with E-state index in [2.05, 4.69) is 26.1 Å². The molecule has 2 atom stereocenters. The average Bonchev–Trinajstić information content (AvgIpc) is 3.87. The molecule has 1 saturated heterocycles. The van der Waals surface area contributed by atoms with Crippen molar-refractivity contribution in [2.24, 2.45) is 0 Å². The first kappa shape index (κ1) is 45.0. The highest BCUT2D eigenvalue weighted by atomic mass is 35.5. The zero-order chi connectivity index (χ0) is 39.5. The predicted octanol–water partition coefficient (Wildman–Crippen LogP) is 2.32. The van der Waals surface area contributed by atoms with Crippen LogP contribution in [-0.2, 0) is 23.7 Å². The molecule has 18 heteroatoms. The standard InChI is InChI=1S/C39H48FN5O11.ClH/c1-50-34-9-8-33(56-21-20-55-19-18-54-17-16-53-15-14-52-13-12-51-11-10-46)35(36(34)40)37(47)26-2-4-27(5-3-26)38(48)43-31-24-41-25-32(31)44-39(49)28-6-7-29-23-42-45-30(29)22-28;/h2-9,22-23,31-32,41,46H,10-21,24-25H2,1H3,(H,42,45)(H,43,48)(H,44,49);1H/t31-,32-;/m1./s1. The number of rotatable bonds is 25. The van der Waals surface area contributed by atoms with Gasteiger partial charge in [0, 0.05) is 35.2 Å². The number of ketones is 1. The van der Waals surface area contributed by atoms with Gasteiger partial charge in [0.2, 0.25) is 0 Å². The maximum Gasteiger partial charge on any atom is 0.251 e. The summed E-state index contributed by atoms with van der Waals surface area (Å²) >= 11 is 0. The lowest BCUT2D eigenvalue weighted by Gasteiger charge is -2.21. The number of aliphatic hydroxyl groups is 1. The van der Waals surface area contributed by atoms with Crippen LogP contribution in [-0.4, -0.2) is 144 Å². The van der Waals surface area contributed by atoms with Crippen molar-refractivity contribution in [3.63, 3.8) is 0 Å². The molecule has 0 radical (unpaired) electrons. The Hall–Kier alpha value is -4.72. The quantitative estimate of drug-likeness (QED) is 0.0483. The van der Waals surface area contributed by atoms with Crippen molar-refractivity contribution < 1.29 is 57.0 Å². The summed E-state index contributed by atoms with van der Waals surface area (Å²) in [6, 6.07) is 13.2. The molecular formula is C39H49ClFN5O11. The minimum Gasteiger partial charge on any atom is -0.494 e. The van der Waals surface area contributed by atoms with Crippen LogP contribution in [0.4, 0.5) is 4.39 Å². The number of benzene rings is 3. The largest absolute Gasteiger partial charge is 0.494 e. The van der Waals surface area contributed by atoms with Crippen LogP contribution in [0.25, 0.3) is 10.9 Å². The lowest BCUT2D eigenvalue weighted by Crippen LogP contribution is -2.51. The van der Waals surface area contributed by atoms with Crippen LogP contribution in [0, 0.1) is 5.82 Å². The second-order valence-electron chi connectivity index (χ2n) is 12.5. The third-order valence-corrected chi connectivity index (χ3v) is 8.68. The van der Waals surface area contributed by atoms with Gasteiger partial charge in [0.1, 0.15) is 17.9 Å². The molecule has 3 aromatic carbocycles. The Bertz CT molecular complexity index is 1870. The number of nitrogens with one attached hydrogen (secondary N) is 4. The van der Waals surface area contributed by atoms with Crippen molar-refractivity contribution >= 4 is 40.9 Å². The van der Waals surface area contributed by atoms with Gasteiger partial charge in [0.15, 0.2) is 17.3 Å². The maximum atomic E-state index is 15.5. The Kier molecular flexibility index (Phi) is 19.1. The number of aromatic amines is 1. The number of hydrogen-bond acceptors (Lipinski definition) is 13. The van der Waals surface area contributed by atoms with Gasteiger partial charge in [0.25, 0.3) is 11.8 Å². The van der Waals surface area contributed by atoms with Crippen molar-refractivity contribution in [2.75, 3.05) is 99.5 Å². The van der Waals surface area contributed by atoms with E-state index in [9.17, 15) is 14.4 Å². The summed E-state index contributed by atoms with van der Waals surface area (Å²) in [7, 11) is 1.30. The maximum absolute atomic E-state index is 15.5. The second kappa shape index (κ2) is 24.1. The molecule has 1 aliphatic heterocycles. The van der Waals surface area contributed by atoms with Gasteiger partial charge in [-0.05, 0) is 36.4 Å². The number of hydrogen-bond donors (Lipinski definition) is 5. The van der Waals surface area contributed by atoms with Crippen LogP contribution in [0.2, 0.25) is 0 Å². The van der Waals surface area contributed by atoms with E-state index in [0.717, 1.165) is 10.9 Å². The summed E-state index contributed by atoms with van der Waals surface area (Å²) in [4.78, 5) is 39.8. The van der Waals surface area contributed by atoms with E-state index in [1.54, 1.807) is 18.3 Å². The topological polar surface area (TPSA) is 201 Å². The van der Waals surface area contributed by atoms with Crippen LogP contribution < -0.4 is 25.4 Å². The monoisotopic (exact) mass is 817 g/mol. The van der Waals surface area contributed by atoms with Gasteiger partial charge in [0.05, 0.1) is 104 Å². The molecule has 1 fully saturated rings. The van der Waals surface area contributed by atoms with Crippen LogP contribution in [0.15, 0.2) is 60.8 Å². The Morgan fingerprint density at radius 3 is 1.81 bits per heavy atom. The van der Waals surface area contributed by atoms with Gasteiger partial charge in [-0.1, -0.05) is 18.2 Å². The molecule has 16 nitrogen and oxygen atoms in total. The number of aliphatic hydroxyl groups excluding tert-OH is 1. The van der Waals surface area contributed by atoms with Gasteiger partial charge in [-0.3, -0.25) is 19.5 Å². The molecule has 5 rings (SSSR count). The number of methoxy groups -OCH3 is 1. The van der Waals surface area contributed by atoms with Gasteiger partial charge in [-0.25, -0.2) is 4.39 Å². The van der Waals surface area contributed by atoms with Crippen LogP contribution >= 0.6 is 12.4 Å².